The van der Waals surface area contributed by atoms with E-state index < -0.39 is 0 Å². The highest BCUT2D eigenvalue weighted by molar-refractivity contribution is 5.94. The molecule has 2 atom stereocenters. The first-order valence-electron chi connectivity index (χ1n) is 11.1. The van der Waals surface area contributed by atoms with Crippen molar-refractivity contribution < 1.29 is 14.0 Å². The number of fused-ring (bicyclic) bond motifs is 2. The van der Waals surface area contributed by atoms with Crippen molar-refractivity contribution in [2.75, 3.05) is 26.2 Å². The van der Waals surface area contributed by atoms with Gasteiger partial charge in [-0.3, -0.25) is 14.5 Å². The van der Waals surface area contributed by atoms with Gasteiger partial charge in [0.05, 0.1) is 5.92 Å². The van der Waals surface area contributed by atoms with Crippen LogP contribution in [0.4, 0.5) is 4.39 Å². The van der Waals surface area contributed by atoms with Crippen molar-refractivity contribution in [3.63, 3.8) is 0 Å². The number of likely N-dealkylation sites (tertiary alicyclic amines) is 2. The maximum Gasteiger partial charge on any atom is 0.253 e. The lowest BCUT2D eigenvalue weighted by Crippen LogP contribution is -2.56. The lowest BCUT2D eigenvalue weighted by Gasteiger charge is -2.42. The van der Waals surface area contributed by atoms with Crippen LogP contribution in [0.5, 0.6) is 0 Å². The summed E-state index contributed by atoms with van der Waals surface area (Å²) >= 11 is 0. The van der Waals surface area contributed by atoms with Gasteiger partial charge in [0, 0.05) is 49.7 Å². The van der Waals surface area contributed by atoms with E-state index in [1.165, 1.54) is 11.6 Å². The zero-order valence-electron chi connectivity index (χ0n) is 17.8. The van der Waals surface area contributed by atoms with Crippen molar-refractivity contribution in [1.29, 1.82) is 0 Å². The molecule has 2 amide bonds. The summed E-state index contributed by atoms with van der Waals surface area (Å²) in [5.74, 6) is -0.0303. The molecule has 0 aromatic heterocycles. The molecule has 31 heavy (non-hydrogen) atoms. The third kappa shape index (κ3) is 3.63. The second-order valence-corrected chi connectivity index (χ2v) is 9.29. The second kappa shape index (κ2) is 7.75. The lowest BCUT2D eigenvalue weighted by molar-refractivity contribution is -0.123. The molecule has 3 aliphatic heterocycles. The first-order chi connectivity index (χ1) is 14.9. The zero-order valence-corrected chi connectivity index (χ0v) is 17.8. The highest BCUT2D eigenvalue weighted by Crippen LogP contribution is 2.44. The number of rotatable bonds is 3. The Morgan fingerprint density at radius 1 is 1.13 bits per heavy atom. The molecule has 0 unspecified atom stereocenters. The Bertz CT molecular complexity index is 1000. The third-order valence-electron chi connectivity index (χ3n) is 7.42. The average molecular weight is 422 g/mol. The highest BCUT2D eigenvalue weighted by atomic mass is 19.1. The van der Waals surface area contributed by atoms with Crippen molar-refractivity contribution in [1.82, 2.24) is 15.1 Å². The fourth-order valence-electron chi connectivity index (χ4n) is 5.63. The quantitative estimate of drug-likeness (QED) is 0.829. The van der Waals surface area contributed by atoms with E-state index in [9.17, 15) is 14.0 Å². The van der Waals surface area contributed by atoms with Gasteiger partial charge < -0.3 is 10.2 Å². The summed E-state index contributed by atoms with van der Waals surface area (Å²) in [5, 5.41) is 3.31. The predicted molar refractivity (Wildman–Crippen MR) is 116 cm³/mol. The van der Waals surface area contributed by atoms with E-state index in [1.807, 2.05) is 18.2 Å². The number of aryl methyl sites for hydroxylation is 1. The lowest BCUT2D eigenvalue weighted by atomic mass is 9.75. The van der Waals surface area contributed by atoms with Gasteiger partial charge in [-0.05, 0) is 43.0 Å². The first-order valence-corrected chi connectivity index (χ1v) is 11.1. The molecule has 2 aromatic rings. The zero-order chi connectivity index (χ0) is 21.6. The number of piperidine rings is 1. The minimum Gasteiger partial charge on any atom is -0.350 e. The fourth-order valence-corrected chi connectivity index (χ4v) is 5.63. The minimum absolute atomic E-state index is 0.0251. The smallest absolute Gasteiger partial charge is 0.253 e. The van der Waals surface area contributed by atoms with Gasteiger partial charge in [0.25, 0.3) is 5.91 Å². The molecule has 6 heteroatoms. The van der Waals surface area contributed by atoms with Gasteiger partial charge >= 0.3 is 0 Å². The predicted octanol–water partition coefficient (Wildman–Crippen LogP) is 2.99. The minimum atomic E-state index is -0.352. The molecule has 0 saturated carbocycles. The van der Waals surface area contributed by atoms with Crippen LogP contribution in [0, 0.1) is 24.6 Å². The van der Waals surface area contributed by atoms with Crippen LogP contribution in [0.3, 0.4) is 0 Å². The van der Waals surface area contributed by atoms with Gasteiger partial charge in [0.2, 0.25) is 5.91 Å². The molecule has 3 saturated heterocycles. The molecule has 3 fully saturated rings. The monoisotopic (exact) mass is 421 g/mol. The van der Waals surface area contributed by atoms with Gasteiger partial charge in [-0.15, -0.1) is 0 Å². The van der Waals surface area contributed by atoms with Crippen molar-refractivity contribution in [2.24, 2.45) is 11.8 Å². The molecular formula is C25H28FN3O2. The van der Waals surface area contributed by atoms with Gasteiger partial charge in [0.15, 0.2) is 0 Å². The largest absolute Gasteiger partial charge is 0.350 e. The van der Waals surface area contributed by atoms with Crippen LogP contribution < -0.4 is 5.32 Å². The summed E-state index contributed by atoms with van der Waals surface area (Å²) < 4.78 is 13.9. The van der Waals surface area contributed by atoms with E-state index in [0.29, 0.717) is 24.2 Å². The number of hydrogen-bond acceptors (Lipinski definition) is 3. The van der Waals surface area contributed by atoms with Crippen LogP contribution in [0.1, 0.15) is 34.3 Å². The molecule has 0 radical (unpaired) electrons. The summed E-state index contributed by atoms with van der Waals surface area (Å²) in [6.07, 6.45) is 1.50. The fraction of sp³-hybridized carbons (Fsp3) is 0.440. The molecule has 3 heterocycles. The van der Waals surface area contributed by atoms with Crippen LogP contribution in [0.15, 0.2) is 48.5 Å². The number of carbonyl (C=O) groups excluding carboxylic acids is 2. The number of nitrogens with zero attached hydrogens (tertiary/aromatic N) is 2. The maximum atomic E-state index is 13.9. The third-order valence-corrected chi connectivity index (χ3v) is 7.42. The summed E-state index contributed by atoms with van der Waals surface area (Å²) in [4.78, 5) is 29.8. The first kappa shape index (κ1) is 20.2. The molecule has 3 aliphatic rings. The Morgan fingerprint density at radius 3 is 2.58 bits per heavy atom. The van der Waals surface area contributed by atoms with Gasteiger partial charge in [-0.25, -0.2) is 4.39 Å². The molecule has 5 nitrogen and oxygen atoms in total. The molecule has 1 spiro atoms. The summed E-state index contributed by atoms with van der Waals surface area (Å²) in [5.41, 5.74) is 1.96. The van der Waals surface area contributed by atoms with Crippen LogP contribution >= 0.6 is 0 Å². The van der Waals surface area contributed by atoms with Gasteiger partial charge in [-0.1, -0.05) is 36.4 Å². The molecule has 5 rings (SSSR count). The van der Waals surface area contributed by atoms with E-state index in [4.69, 9.17) is 0 Å². The van der Waals surface area contributed by atoms with Crippen LogP contribution in [0.25, 0.3) is 0 Å². The normalized spacial score (nSPS) is 25.0. The average Bonchev–Trinajstić information content (AvgIpc) is 3.30. The maximum absolute atomic E-state index is 13.9. The number of nitrogens with one attached hydrogen (secondary N) is 1. The van der Waals surface area contributed by atoms with Crippen molar-refractivity contribution in [2.45, 2.75) is 31.8 Å². The SMILES string of the molecule is Cc1ccc(C(=O)N2CCC3(CC2)NC(=O)[C@@H]2CN(Cc4ccccc4)C[C@@H]23)cc1F. The Balaban J connectivity index is 1.26. The van der Waals surface area contributed by atoms with Crippen molar-refractivity contribution in [3.05, 3.63) is 71.0 Å². The van der Waals surface area contributed by atoms with E-state index in [1.54, 1.807) is 24.0 Å². The van der Waals surface area contributed by atoms with Crippen LogP contribution in [0.2, 0.25) is 0 Å². The standard InChI is InChI=1S/C25H28FN3O2/c1-17-7-8-19(13-22(17)26)24(31)29-11-9-25(10-12-29)21-16-28(15-20(21)23(30)27-25)14-18-5-3-2-4-6-18/h2-8,13,20-21H,9-12,14-16H2,1H3,(H,27,30)/t20-,21+/m1/s1. The Hall–Kier alpha value is -2.73. The Morgan fingerprint density at radius 2 is 1.87 bits per heavy atom. The van der Waals surface area contributed by atoms with Crippen LogP contribution in [-0.2, 0) is 11.3 Å². The Labute approximate surface area is 182 Å². The van der Waals surface area contributed by atoms with Crippen LogP contribution in [-0.4, -0.2) is 53.3 Å². The molecule has 162 valence electrons. The molecule has 1 N–H and O–H groups in total. The topological polar surface area (TPSA) is 52.7 Å². The number of amides is 2. The van der Waals surface area contributed by atoms with Crippen molar-refractivity contribution in [3.8, 4) is 0 Å². The summed E-state index contributed by atoms with van der Waals surface area (Å²) in [7, 11) is 0. The van der Waals surface area contributed by atoms with Gasteiger partial charge in [-0.2, -0.15) is 0 Å². The van der Waals surface area contributed by atoms with E-state index in [2.05, 4.69) is 22.3 Å². The van der Waals surface area contributed by atoms with E-state index >= 15 is 0 Å². The second-order valence-electron chi connectivity index (χ2n) is 9.29. The van der Waals surface area contributed by atoms with Crippen molar-refractivity contribution >= 4 is 11.8 Å². The highest BCUT2D eigenvalue weighted by Gasteiger charge is 2.57. The number of carbonyl (C=O) groups is 2. The van der Waals surface area contributed by atoms with E-state index in [-0.39, 0.29) is 35.0 Å². The summed E-state index contributed by atoms with van der Waals surface area (Å²) in [6, 6.07) is 15.0. The van der Waals surface area contributed by atoms with E-state index in [0.717, 1.165) is 32.5 Å². The number of hydrogen-bond donors (Lipinski definition) is 1. The van der Waals surface area contributed by atoms with Gasteiger partial charge in [0.1, 0.15) is 5.82 Å². The molecule has 0 aliphatic carbocycles. The molecular weight excluding hydrogens is 393 g/mol. The number of benzene rings is 2. The summed E-state index contributed by atoms with van der Waals surface area (Å²) in [6.45, 7) is 5.40. The molecule has 0 bridgehead atoms. The number of halogens is 1. The Kier molecular flexibility index (Phi) is 5.05. The molecule has 2 aromatic carbocycles.